The van der Waals surface area contributed by atoms with E-state index in [2.05, 4.69) is 15.3 Å². The number of rotatable bonds is 4. The second-order valence-corrected chi connectivity index (χ2v) is 7.19. The Morgan fingerprint density at radius 3 is 2.79 bits per heavy atom. The monoisotopic (exact) mass is 404 g/mol. The minimum atomic E-state index is -4.53. The highest BCUT2D eigenvalue weighted by molar-refractivity contribution is 5.87. The highest BCUT2D eigenvalue weighted by Gasteiger charge is 2.33. The summed E-state index contributed by atoms with van der Waals surface area (Å²) in [5.74, 6) is 0.489. The molecule has 29 heavy (non-hydrogen) atoms. The number of hydrogen-bond donors (Lipinski definition) is 1. The fraction of sp³-hybridized carbons (Fsp3) is 0.350. The molecule has 2 atom stereocenters. The van der Waals surface area contributed by atoms with Crippen molar-refractivity contribution in [2.45, 2.75) is 25.6 Å². The van der Waals surface area contributed by atoms with Crippen LogP contribution in [0.2, 0.25) is 0 Å². The molecule has 1 N–H and O–H groups in total. The summed E-state index contributed by atoms with van der Waals surface area (Å²) in [5.41, 5.74) is 1.02. The molecule has 0 aliphatic carbocycles. The Balaban J connectivity index is 1.75. The Hall–Kier alpha value is -3.10. The minimum Gasteiger partial charge on any atom is -0.488 e. The molecule has 0 unspecified atom stereocenters. The molecule has 1 aliphatic rings. The third kappa shape index (κ3) is 3.76. The van der Waals surface area contributed by atoms with Crippen LogP contribution in [-0.2, 0) is 18.0 Å². The largest absolute Gasteiger partial charge is 0.488 e. The summed E-state index contributed by atoms with van der Waals surface area (Å²) in [6, 6.07) is 7.15. The van der Waals surface area contributed by atoms with Crippen LogP contribution < -0.4 is 10.1 Å². The van der Waals surface area contributed by atoms with Crippen molar-refractivity contribution < 1.29 is 22.7 Å². The molecule has 1 fully saturated rings. The SMILES string of the molecule is C[C@@H](Oc1cc(-c2cccc(C(F)(F)F)n2)cc2ncn(C)c12)[C@H]1CNC(=O)C1. The summed E-state index contributed by atoms with van der Waals surface area (Å²) < 4.78 is 47.1. The quantitative estimate of drug-likeness (QED) is 0.722. The fourth-order valence-electron chi connectivity index (χ4n) is 3.50. The van der Waals surface area contributed by atoms with Crippen LogP contribution in [0.1, 0.15) is 19.0 Å². The van der Waals surface area contributed by atoms with Gasteiger partial charge >= 0.3 is 6.18 Å². The number of carbonyl (C=O) groups is 1. The van der Waals surface area contributed by atoms with Gasteiger partial charge < -0.3 is 14.6 Å². The Morgan fingerprint density at radius 2 is 2.10 bits per heavy atom. The lowest BCUT2D eigenvalue weighted by molar-refractivity contribution is -0.141. The van der Waals surface area contributed by atoms with Crippen molar-refractivity contribution in [1.29, 1.82) is 0 Å². The number of aryl methyl sites for hydroxylation is 1. The van der Waals surface area contributed by atoms with Crippen molar-refractivity contribution in [3.8, 4) is 17.0 Å². The van der Waals surface area contributed by atoms with Gasteiger partial charge in [-0.15, -0.1) is 0 Å². The second kappa shape index (κ2) is 7.06. The highest BCUT2D eigenvalue weighted by atomic mass is 19.4. The zero-order valence-electron chi connectivity index (χ0n) is 15.8. The predicted octanol–water partition coefficient (Wildman–Crippen LogP) is 3.56. The number of amides is 1. The first kappa shape index (κ1) is 19.2. The standard InChI is InChI=1S/C20H19F3N4O2/c1-11(13-8-18(28)24-9-13)29-16-7-12(6-15-19(16)27(2)10-25-15)14-4-3-5-17(26-14)20(21,22)23/h3-7,10-11,13H,8-9H2,1-2H3,(H,24,28)/t11-,13-/m1/s1. The molecule has 1 aromatic carbocycles. The second-order valence-electron chi connectivity index (χ2n) is 7.19. The lowest BCUT2D eigenvalue weighted by Gasteiger charge is -2.21. The number of imidazole rings is 1. The molecule has 4 rings (SSSR count). The van der Waals surface area contributed by atoms with Crippen LogP contribution >= 0.6 is 0 Å². The highest BCUT2D eigenvalue weighted by Crippen LogP contribution is 2.35. The van der Waals surface area contributed by atoms with E-state index in [1.165, 1.54) is 12.1 Å². The summed E-state index contributed by atoms with van der Waals surface area (Å²) in [6.07, 6.45) is -2.80. The number of pyridine rings is 1. The van der Waals surface area contributed by atoms with Crippen molar-refractivity contribution in [2.75, 3.05) is 6.54 Å². The summed E-state index contributed by atoms with van der Waals surface area (Å²) in [6.45, 7) is 2.41. The fourth-order valence-corrected chi connectivity index (χ4v) is 3.50. The van der Waals surface area contributed by atoms with Crippen LogP contribution in [0.5, 0.6) is 5.75 Å². The van der Waals surface area contributed by atoms with Gasteiger partial charge in [0.2, 0.25) is 5.91 Å². The van der Waals surface area contributed by atoms with E-state index in [1.54, 1.807) is 23.0 Å². The van der Waals surface area contributed by atoms with Crippen LogP contribution in [0.15, 0.2) is 36.7 Å². The molecule has 152 valence electrons. The van der Waals surface area contributed by atoms with Gasteiger partial charge in [0, 0.05) is 31.5 Å². The molecule has 2 aromatic heterocycles. The zero-order valence-corrected chi connectivity index (χ0v) is 15.8. The molecule has 9 heteroatoms. The topological polar surface area (TPSA) is 69.0 Å². The van der Waals surface area contributed by atoms with Gasteiger partial charge in [0.25, 0.3) is 0 Å². The molecule has 3 heterocycles. The number of halogens is 3. The number of nitrogens with one attached hydrogen (secondary N) is 1. The zero-order chi connectivity index (χ0) is 20.8. The molecule has 0 bridgehead atoms. The number of hydrogen-bond acceptors (Lipinski definition) is 4. The van der Waals surface area contributed by atoms with Gasteiger partial charge in [-0.2, -0.15) is 13.2 Å². The summed E-state index contributed by atoms with van der Waals surface area (Å²) >= 11 is 0. The maximum absolute atomic E-state index is 13.1. The Morgan fingerprint density at radius 1 is 1.31 bits per heavy atom. The van der Waals surface area contributed by atoms with Crippen LogP contribution in [0, 0.1) is 5.92 Å². The van der Waals surface area contributed by atoms with Crippen LogP contribution in [0.3, 0.4) is 0 Å². The van der Waals surface area contributed by atoms with Crippen LogP contribution in [-0.4, -0.2) is 33.1 Å². The maximum Gasteiger partial charge on any atom is 0.433 e. The molecular formula is C20H19F3N4O2. The summed E-state index contributed by atoms with van der Waals surface area (Å²) in [4.78, 5) is 19.6. The first-order chi connectivity index (χ1) is 13.7. The summed E-state index contributed by atoms with van der Waals surface area (Å²) in [5, 5.41) is 2.78. The third-order valence-electron chi connectivity index (χ3n) is 5.10. The molecule has 0 spiro atoms. The van der Waals surface area contributed by atoms with Gasteiger partial charge in [-0.3, -0.25) is 4.79 Å². The number of alkyl halides is 3. The Kier molecular flexibility index (Phi) is 4.68. The average Bonchev–Trinajstić information content (AvgIpc) is 3.27. The molecule has 1 aliphatic heterocycles. The van der Waals surface area contributed by atoms with Crippen molar-refractivity contribution in [2.24, 2.45) is 13.0 Å². The molecule has 0 saturated carbocycles. The van der Waals surface area contributed by atoms with E-state index < -0.39 is 11.9 Å². The van der Waals surface area contributed by atoms with Crippen LogP contribution in [0.4, 0.5) is 13.2 Å². The van der Waals surface area contributed by atoms with E-state index in [4.69, 9.17) is 4.74 Å². The number of ether oxygens (including phenoxy) is 1. The molecular weight excluding hydrogens is 385 g/mol. The van der Waals surface area contributed by atoms with Crippen molar-refractivity contribution in [3.05, 3.63) is 42.4 Å². The minimum absolute atomic E-state index is 0.0149. The van der Waals surface area contributed by atoms with E-state index in [0.29, 0.717) is 29.8 Å². The number of aromatic nitrogens is 3. The first-order valence-corrected chi connectivity index (χ1v) is 9.15. The van der Waals surface area contributed by atoms with Gasteiger partial charge in [0.05, 0.1) is 17.5 Å². The van der Waals surface area contributed by atoms with Gasteiger partial charge in [-0.1, -0.05) is 6.07 Å². The van der Waals surface area contributed by atoms with E-state index in [-0.39, 0.29) is 23.6 Å². The predicted molar refractivity (Wildman–Crippen MR) is 100 cm³/mol. The number of carbonyl (C=O) groups excluding carboxylic acids is 1. The lowest BCUT2D eigenvalue weighted by atomic mass is 10.0. The maximum atomic E-state index is 13.1. The smallest absolute Gasteiger partial charge is 0.433 e. The summed E-state index contributed by atoms with van der Waals surface area (Å²) in [7, 11) is 1.82. The van der Waals surface area contributed by atoms with Crippen LogP contribution in [0.25, 0.3) is 22.3 Å². The van der Waals surface area contributed by atoms with Crippen molar-refractivity contribution in [3.63, 3.8) is 0 Å². The van der Waals surface area contributed by atoms with E-state index in [9.17, 15) is 18.0 Å². The first-order valence-electron chi connectivity index (χ1n) is 9.15. The molecule has 3 aromatic rings. The number of fused-ring (bicyclic) bond motifs is 1. The Bertz CT molecular complexity index is 1080. The number of nitrogens with zero attached hydrogens (tertiary/aromatic N) is 3. The van der Waals surface area contributed by atoms with Crippen molar-refractivity contribution >= 4 is 16.9 Å². The van der Waals surface area contributed by atoms with Gasteiger partial charge in [0.15, 0.2) is 0 Å². The van der Waals surface area contributed by atoms with Gasteiger partial charge in [-0.25, -0.2) is 9.97 Å². The lowest BCUT2D eigenvalue weighted by Crippen LogP contribution is -2.25. The Labute approximate surface area is 164 Å². The average molecular weight is 404 g/mol. The third-order valence-corrected chi connectivity index (χ3v) is 5.10. The molecule has 6 nitrogen and oxygen atoms in total. The van der Waals surface area contributed by atoms with Gasteiger partial charge in [0.1, 0.15) is 23.1 Å². The van der Waals surface area contributed by atoms with E-state index in [1.807, 2.05) is 14.0 Å². The molecule has 1 saturated heterocycles. The van der Waals surface area contributed by atoms with Crippen molar-refractivity contribution in [1.82, 2.24) is 19.9 Å². The molecule has 1 amide bonds. The van der Waals surface area contributed by atoms with Gasteiger partial charge in [-0.05, 0) is 31.2 Å². The molecule has 0 radical (unpaired) electrons. The number of benzene rings is 1. The van der Waals surface area contributed by atoms with E-state index >= 15 is 0 Å². The van der Waals surface area contributed by atoms with E-state index in [0.717, 1.165) is 11.6 Å². The normalized spacial score (nSPS) is 18.1.